The number of amides is 1. The number of hydrazine groups is 1. The largest absolute Gasteiger partial charge is 0.377 e. The molecule has 1 aliphatic rings. The van der Waals surface area contributed by atoms with Crippen LogP contribution < -0.4 is 10.7 Å². The van der Waals surface area contributed by atoms with Crippen LogP contribution in [0, 0.1) is 0 Å². The van der Waals surface area contributed by atoms with E-state index < -0.39 is 6.23 Å². The van der Waals surface area contributed by atoms with E-state index in [0.717, 1.165) is 6.54 Å². The molecule has 1 unspecified atom stereocenters. The van der Waals surface area contributed by atoms with Gasteiger partial charge in [0.25, 0.3) is 0 Å². The van der Waals surface area contributed by atoms with E-state index in [0.29, 0.717) is 19.5 Å². The number of rotatable bonds is 2. The molecule has 0 aromatic rings. The maximum atomic E-state index is 9.92. The number of hydrogen-bond donors (Lipinski definition) is 3. The van der Waals surface area contributed by atoms with Crippen LogP contribution in [0.1, 0.15) is 0 Å². The van der Waals surface area contributed by atoms with Crippen LogP contribution >= 0.6 is 0 Å². The number of piperazine rings is 1. The Bertz CT molecular complexity index is 119. The SMILES string of the molecule is O=CNN1CCNC(O)C1. The molecule has 5 nitrogen and oxygen atoms in total. The molecular formula is C5H11N3O2. The minimum Gasteiger partial charge on any atom is -0.377 e. The van der Waals surface area contributed by atoms with Gasteiger partial charge >= 0.3 is 0 Å². The lowest BCUT2D eigenvalue weighted by atomic mass is 10.4. The fourth-order valence-corrected chi connectivity index (χ4v) is 0.923. The van der Waals surface area contributed by atoms with E-state index >= 15 is 0 Å². The molecule has 0 bridgehead atoms. The molecule has 0 aliphatic carbocycles. The first-order valence-corrected chi connectivity index (χ1v) is 3.19. The normalized spacial score (nSPS) is 27.9. The number of carbonyl (C=O) groups excluding carboxylic acids is 1. The predicted octanol–water partition coefficient (Wildman–Crippen LogP) is -2.13. The molecule has 1 heterocycles. The molecule has 0 saturated carbocycles. The van der Waals surface area contributed by atoms with Crippen molar-refractivity contribution in [2.24, 2.45) is 0 Å². The molecule has 1 amide bonds. The molecule has 1 rings (SSSR count). The number of aliphatic hydroxyl groups excluding tert-OH is 1. The molecule has 58 valence electrons. The molecule has 0 aromatic carbocycles. The van der Waals surface area contributed by atoms with Gasteiger partial charge in [-0.3, -0.25) is 15.5 Å². The van der Waals surface area contributed by atoms with Gasteiger partial charge in [-0.1, -0.05) is 0 Å². The fraction of sp³-hybridized carbons (Fsp3) is 0.800. The summed E-state index contributed by atoms with van der Waals surface area (Å²) >= 11 is 0. The average molecular weight is 145 g/mol. The number of β-amino-alcohol motifs (C(OH)–C–C–N with tert-alkyl or cyclic N) is 1. The summed E-state index contributed by atoms with van der Waals surface area (Å²) in [4.78, 5) is 9.92. The van der Waals surface area contributed by atoms with E-state index in [1.54, 1.807) is 5.01 Å². The number of aliphatic hydroxyl groups is 1. The van der Waals surface area contributed by atoms with Crippen molar-refractivity contribution < 1.29 is 9.90 Å². The number of nitrogens with one attached hydrogen (secondary N) is 2. The highest BCUT2D eigenvalue weighted by atomic mass is 16.3. The van der Waals surface area contributed by atoms with Crippen molar-refractivity contribution >= 4 is 6.41 Å². The van der Waals surface area contributed by atoms with Gasteiger partial charge in [0.05, 0.1) is 6.54 Å². The Morgan fingerprint density at radius 2 is 2.60 bits per heavy atom. The van der Waals surface area contributed by atoms with E-state index in [1.165, 1.54) is 0 Å². The molecule has 10 heavy (non-hydrogen) atoms. The van der Waals surface area contributed by atoms with Crippen LogP contribution in [0.25, 0.3) is 0 Å². The maximum absolute atomic E-state index is 9.92. The lowest BCUT2D eigenvalue weighted by Gasteiger charge is -2.29. The van der Waals surface area contributed by atoms with Gasteiger partial charge in [0.15, 0.2) is 0 Å². The average Bonchev–Trinajstić information content (AvgIpc) is 1.88. The Morgan fingerprint density at radius 3 is 3.20 bits per heavy atom. The molecule has 0 radical (unpaired) electrons. The Morgan fingerprint density at radius 1 is 1.80 bits per heavy atom. The third-order valence-corrected chi connectivity index (χ3v) is 1.39. The van der Waals surface area contributed by atoms with Gasteiger partial charge in [0.2, 0.25) is 6.41 Å². The Hall–Kier alpha value is -0.650. The minimum absolute atomic E-state index is 0.443. The Balaban J connectivity index is 2.24. The summed E-state index contributed by atoms with van der Waals surface area (Å²) in [6.07, 6.45) is 0.0825. The second-order valence-corrected chi connectivity index (χ2v) is 2.16. The first kappa shape index (κ1) is 7.46. The van der Waals surface area contributed by atoms with Crippen LogP contribution in [0.5, 0.6) is 0 Å². The molecule has 1 aliphatic heterocycles. The second kappa shape index (κ2) is 3.50. The van der Waals surface area contributed by atoms with Crippen molar-refractivity contribution in [2.75, 3.05) is 19.6 Å². The van der Waals surface area contributed by atoms with Crippen LogP contribution in [0.15, 0.2) is 0 Å². The highest BCUT2D eigenvalue weighted by Crippen LogP contribution is 1.90. The highest BCUT2D eigenvalue weighted by molar-refractivity contribution is 5.44. The molecular weight excluding hydrogens is 134 g/mol. The van der Waals surface area contributed by atoms with Crippen molar-refractivity contribution in [3.63, 3.8) is 0 Å². The van der Waals surface area contributed by atoms with Crippen molar-refractivity contribution in [1.29, 1.82) is 0 Å². The van der Waals surface area contributed by atoms with E-state index in [1.807, 2.05) is 0 Å². The third kappa shape index (κ3) is 1.94. The van der Waals surface area contributed by atoms with Crippen molar-refractivity contribution in [3.05, 3.63) is 0 Å². The summed E-state index contributed by atoms with van der Waals surface area (Å²) in [6, 6.07) is 0. The van der Waals surface area contributed by atoms with Crippen LogP contribution in [0.4, 0.5) is 0 Å². The Kier molecular flexibility index (Phi) is 2.61. The number of hydrogen-bond acceptors (Lipinski definition) is 4. The number of nitrogens with zero attached hydrogens (tertiary/aromatic N) is 1. The first-order valence-electron chi connectivity index (χ1n) is 3.19. The Labute approximate surface area is 59.0 Å². The van der Waals surface area contributed by atoms with Crippen molar-refractivity contribution in [3.8, 4) is 0 Å². The van der Waals surface area contributed by atoms with Crippen LogP contribution in [-0.4, -0.2) is 42.4 Å². The van der Waals surface area contributed by atoms with E-state index in [2.05, 4.69) is 10.7 Å². The molecule has 1 atom stereocenters. The van der Waals surface area contributed by atoms with Crippen LogP contribution in [-0.2, 0) is 4.79 Å². The summed E-state index contributed by atoms with van der Waals surface area (Å²) < 4.78 is 0. The fourth-order valence-electron chi connectivity index (χ4n) is 0.923. The second-order valence-electron chi connectivity index (χ2n) is 2.16. The van der Waals surface area contributed by atoms with Gasteiger partial charge in [-0.15, -0.1) is 0 Å². The first-order chi connectivity index (χ1) is 4.83. The lowest BCUT2D eigenvalue weighted by molar-refractivity contribution is -0.115. The quantitative estimate of drug-likeness (QED) is 0.388. The standard InChI is InChI=1S/C5H11N3O2/c9-4-7-8-2-1-6-5(10)3-8/h4-6,10H,1-3H2,(H,7,9). The molecule has 1 fully saturated rings. The summed E-state index contributed by atoms with van der Waals surface area (Å²) in [5.74, 6) is 0. The monoisotopic (exact) mass is 145 g/mol. The summed E-state index contributed by atoms with van der Waals surface area (Å²) in [5, 5.41) is 13.5. The summed E-state index contributed by atoms with van der Waals surface area (Å²) in [7, 11) is 0. The molecule has 1 saturated heterocycles. The van der Waals surface area contributed by atoms with Crippen molar-refractivity contribution in [1.82, 2.24) is 15.8 Å². The smallest absolute Gasteiger partial charge is 0.221 e. The summed E-state index contributed by atoms with van der Waals surface area (Å²) in [5.41, 5.74) is 2.47. The zero-order valence-corrected chi connectivity index (χ0v) is 5.58. The van der Waals surface area contributed by atoms with Gasteiger partial charge in [0, 0.05) is 13.1 Å². The highest BCUT2D eigenvalue weighted by Gasteiger charge is 2.15. The third-order valence-electron chi connectivity index (χ3n) is 1.39. The topological polar surface area (TPSA) is 64.6 Å². The molecule has 3 N–H and O–H groups in total. The zero-order chi connectivity index (χ0) is 7.40. The van der Waals surface area contributed by atoms with E-state index in [4.69, 9.17) is 5.11 Å². The van der Waals surface area contributed by atoms with E-state index in [9.17, 15) is 4.79 Å². The predicted molar refractivity (Wildman–Crippen MR) is 34.8 cm³/mol. The minimum atomic E-state index is -0.527. The maximum Gasteiger partial charge on any atom is 0.221 e. The molecule has 0 aromatic heterocycles. The van der Waals surface area contributed by atoms with Gasteiger partial charge in [-0.05, 0) is 0 Å². The zero-order valence-electron chi connectivity index (χ0n) is 5.58. The van der Waals surface area contributed by atoms with Gasteiger partial charge in [-0.2, -0.15) is 0 Å². The van der Waals surface area contributed by atoms with Gasteiger partial charge < -0.3 is 5.11 Å². The lowest BCUT2D eigenvalue weighted by Crippen LogP contribution is -2.54. The van der Waals surface area contributed by atoms with E-state index in [-0.39, 0.29) is 0 Å². The molecule has 5 heteroatoms. The van der Waals surface area contributed by atoms with Gasteiger partial charge in [-0.25, -0.2) is 5.01 Å². The van der Waals surface area contributed by atoms with Crippen LogP contribution in [0.3, 0.4) is 0 Å². The van der Waals surface area contributed by atoms with Crippen molar-refractivity contribution in [2.45, 2.75) is 6.23 Å². The molecule has 0 spiro atoms. The van der Waals surface area contributed by atoms with Crippen LogP contribution in [0.2, 0.25) is 0 Å². The number of carbonyl (C=O) groups is 1. The van der Waals surface area contributed by atoms with Gasteiger partial charge in [0.1, 0.15) is 6.23 Å². The summed E-state index contributed by atoms with van der Waals surface area (Å²) in [6.45, 7) is 1.87.